The fourth-order valence-electron chi connectivity index (χ4n) is 4.21. The van der Waals surface area contributed by atoms with Crippen LogP contribution in [0.3, 0.4) is 0 Å². The third-order valence-electron chi connectivity index (χ3n) is 6.01. The molecule has 1 heterocycles. The highest BCUT2D eigenvalue weighted by Crippen LogP contribution is 2.64. The molecule has 3 fully saturated rings. The van der Waals surface area contributed by atoms with Gasteiger partial charge in [0, 0.05) is 13.1 Å². The zero-order valence-electron chi connectivity index (χ0n) is 13.6. The van der Waals surface area contributed by atoms with Gasteiger partial charge in [-0.3, -0.25) is 0 Å². The third-order valence-corrected chi connectivity index (χ3v) is 10.6. The second kappa shape index (κ2) is 5.54. The van der Waals surface area contributed by atoms with E-state index in [4.69, 9.17) is 0 Å². The predicted molar refractivity (Wildman–Crippen MR) is 92.7 cm³/mol. The average Bonchev–Trinajstić information content (AvgIpc) is 3.09. The maximum Gasteiger partial charge on any atom is 0.217 e. The number of sulfone groups is 1. The zero-order chi connectivity index (χ0) is 17.0. The molecule has 2 saturated carbocycles. The van der Waals surface area contributed by atoms with Crippen molar-refractivity contribution in [1.29, 1.82) is 0 Å². The fourth-order valence-corrected chi connectivity index (χ4v) is 8.59. The van der Waals surface area contributed by atoms with E-state index >= 15 is 0 Å². The van der Waals surface area contributed by atoms with Crippen molar-refractivity contribution in [1.82, 2.24) is 4.31 Å². The van der Waals surface area contributed by atoms with E-state index in [2.05, 4.69) is 0 Å². The molecule has 0 radical (unpaired) electrons. The largest absolute Gasteiger partial charge is 0.228 e. The third kappa shape index (κ3) is 2.70. The van der Waals surface area contributed by atoms with Crippen LogP contribution in [-0.4, -0.2) is 44.7 Å². The Kier molecular flexibility index (Phi) is 3.82. The molecule has 0 N–H and O–H groups in total. The minimum absolute atomic E-state index is 0.0141. The molecule has 0 bridgehead atoms. The van der Waals surface area contributed by atoms with Crippen LogP contribution in [0.1, 0.15) is 37.7 Å². The van der Waals surface area contributed by atoms with E-state index in [0.717, 1.165) is 31.2 Å². The molecule has 2 unspecified atom stereocenters. The zero-order valence-corrected chi connectivity index (χ0v) is 15.2. The van der Waals surface area contributed by atoms with Crippen molar-refractivity contribution in [3.8, 4) is 0 Å². The van der Waals surface area contributed by atoms with Crippen LogP contribution in [-0.2, 0) is 25.6 Å². The summed E-state index contributed by atoms with van der Waals surface area (Å²) < 4.78 is 52.2. The molecule has 1 saturated heterocycles. The van der Waals surface area contributed by atoms with E-state index in [9.17, 15) is 16.8 Å². The van der Waals surface area contributed by atoms with Crippen LogP contribution in [0.25, 0.3) is 0 Å². The van der Waals surface area contributed by atoms with Crippen molar-refractivity contribution in [2.45, 2.75) is 48.4 Å². The van der Waals surface area contributed by atoms with Crippen molar-refractivity contribution >= 4 is 19.9 Å². The summed E-state index contributed by atoms with van der Waals surface area (Å²) in [6.07, 6.45) is 4.34. The molecular formula is C17H23NO4S2. The molecule has 132 valence electrons. The van der Waals surface area contributed by atoms with Gasteiger partial charge in [-0.1, -0.05) is 36.8 Å². The van der Waals surface area contributed by atoms with Gasteiger partial charge in [0.25, 0.3) is 0 Å². The summed E-state index contributed by atoms with van der Waals surface area (Å²) >= 11 is 0. The smallest absolute Gasteiger partial charge is 0.217 e. The molecule has 0 amide bonds. The van der Waals surface area contributed by atoms with E-state index in [1.165, 1.54) is 4.31 Å². The molecule has 24 heavy (non-hydrogen) atoms. The molecule has 1 spiro atoms. The van der Waals surface area contributed by atoms with E-state index in [1.807, 2.05) is 18.2 Å². The maximum atomic E-state index is 12.8. The average molecular weight is 370 g/mol. The van der Waals surface area contributed by atoms with Crippen LogP contribution in [0.5, 0.6) is 0 Å². The Labute approximate surface area is 144 Å². The SMILES string of the molecule is O=S(=O)(Cc1ccccc1)C1CCN(S(=O)(=O)C2CC23CCC3)C1. The molecule has 2 atom stereocenters. The maximum absolute atomic E-state index is 12.8. The monoisotopic (exact) mass is 369 g/mol. The van der Waals surface area contributed by atoms with E-state index in [-0.39, 0.29) is 23.0 Å². The van der Waals surface area contributed by atoms with Gasteiger partial charge in [0.2, 0.25) is 10.0 Å². The summed E-state index contributed by atoms with van der Waals surface area (Å²) in [5.74, 6) is -0.0141. The van der Waals surface area contributed by atoms with Crippen LogP contribution in [0.4, 0.5) is 0 Å². The lowest BCUT2D eigenvalue weighted by Gasteiger charge is -2.28. The summed E-state index contributed by atoms with van der Waals surface area (Å²) in [5, 5.41) is -0.835. The normalized spacial score (nSPS) is 29.5. The molecule has 1 aliphatic heterocycles. The number of hydrogen-bond acceptors (Lipinski definition) is 4. The quantitative estimate of drug-likeness (QED) is 0.795. The van der Waals surface area contributed by atoms with Crippen LogP contribution >= 0.6 is 0 Å². The second-order valence-corrected chi connectivity index (χ2v) is 11.9. The molecular weight excluding hydrogens is 346 g/mol. The molecule has 3 aliphatic rings. The summed E-state index contributed by atoms with van der Waals surface area (Å²) in [6.45, 7) is 0.470. The first-order valence-electron chi connectivity index (χ1n) is 8.58. The topological polar surface area (TPSA) is 71.5 Å². The summed E-state index contributed by atoms with van der Waals surface area (Å²) in [4.78, 5) is 0. The number of nitrogens with zero attached hydrogens (tertiary/aromatic N) is 1. The highest BCUT2D eigenvalue weighted by Gasteiger charge is 2.65. The van der Waals surface area contributed by atoms with E-state index in [1.54, 1.807) is 12.1 Å². The van der Waals surface area contributed by atoms with Gasteiger partial charge in [-0.05, 0) is 36.7 Å². The number of sulfonamides is 1. The first-order chi connectivity index (χ1) is 11.3. The molecule has 1 aromatic carbocycles. The van der Waals surface area contributed by atoms with Gasteiger partial charge in [-0.15, -0.1) is 0 Å². The van der Waals surface area contributed by atoms with Crippen molar-refractivity contribution in [3.05, 3.63) is 35.9 Å². The summed E-state index contributed by atoms with van der Waals surface area (Å²) in [7, 11) is -6.67. The molecule has 2 aliphatic carbocycles. The van der Waals surface area contributed by atoms with Crippen molar-refractivity contribution < 1.29 is 16.8 Å². The fraction of sp³-hybridized carbons (Fsp3) is 0.647. The molecule has 0 aromatic heterocycles. The first-order valence-corrected chi connectivity index (χ1v) is 11.8. The van der Waals surface area contributed by atoms with Gasteiger partial charge in [-0.2, -0.15) is 0 Å². The minimum atomic E-state index is -3.34. The summed E-state index contributed by atoms with van der Waals surface area (Å²) in [5.41, 5.74) is 0.800. The Morgan fingerprint density at radius 1 is 1.08 bits per heavy atom. The molecule has 5 nitrogen and oxygen atoms in total. The lowest BCUT2D eigenvalue weighted by Crippen LogP contribution is -2.37. The van der Waals surface area contributed by atoms with Gasteiger partial charge in [0.1, 0.15) is 0 Å². The molecule has 1 aromatic rings. The molecule has 7 heteroatoms. The van der Waals surface area contributed by atoms with Gasteiger partial charge in [-0.25, -0.2) is 21.1 Å². The Bertz CT molecular complexity index is 829. The van der Waals surface area contributed by atoms with Crippen molar-refractivity contribution in [2.75, 3.05) is 13.1 Å². The molecule has 4 rings (SSSR count). The summed E-state index contributed by atoms with van der Waals surface area (Å²) in [6, 6.07) is 9.09. The van der Waals surface area contributed by atoms with Crippen LogP contribution < -0.4 is 0 Å². The van der Waals surface area contributed by atoms with Crippen molar-refractivity contribution in [2.24, 2.45) is 5.41 Å². The van der Waals surface area contributed by atoms with Gasteiger partial charge < -0.3 is 0 Å². The van der Waals surface area contributed by atoms with Gasteiger partial charge in [0.15, 0.2) is 9.84 Å². The highest BCUT2D eigenvalue weighted by molar-refractivity contribution is 7.91. The Balaban J connectivity index is 1.44. The van der Waals surface area contributed by atoms with Crippen LogP contribution in [0.15, 0.2) is 30.3 Å². The predicted octanol–water partition coefficient (Wildman–Crippen LogP) is 1.95. The first kappa shape index (κ1) is 16.5. The Hall–Kier alpha value is -0.920. The number of benzene rings is 1. The second-order valence-electron chi connectivity index (χ2n) is 7.52. The lowest BCUT2D eigenvalue weighted by atomic mass is 9.82. The standard InChI is InChI=1S/C17H23NO4S2/c19-23(20,13-14-5-2-1-3-6-14)15-7-10-18(12-15)24(21,22)16-11-17(16)8-4-9-17/h1-3,5-6,15-16H,4,7-13H2. The van der Waals surface area contributed by atoms with Gasteiger partial charge >= 0.3 is 0 Å². The number of rotatable bonds is 5. The van der Waals surface area contributed by atoms with Crippen LogP contribution in [0, 0.1) is 5.41 Å². The van der Waals surface area contributed by atoms with E-state index in [0.29, 0.717) is 13.0 Å². The highest BCUT2D eigenvalue weighted by atomic mass is 32.2. The van der Waals surface area contributed by atoms with Crippen molar-refractivity contribution in [3.63, 3.8) is 0 Å². The minimum Gasteiger partial charge on any atom is -0.228 e. The number of hydrogen-bond donors (Lipinski definition) is 0. The van der Waals surface area contributed by atoms with Crippen LogP contribution in [0.2, 0.25) is 0 Å². The lowest BCUT2D eigenvalue weighted by molar-refractivity contribution is 0.287. The Morgan fingerprint density at radius 3 is 2.38 bits per heavy atom. The van der Waals surface area contributed by atoms with E-state index < -0.39 is 25.1 Å². The Morgan fingerprint density at radius 2 is 1.79 bits per heavy atom. The van der Waals surface area contributed by atoms with Gasteiger partial charge in [0.05, 0.1) is 16.3 Å².